The molecule has 17 nitrogen and oxygen atoms in total. The molecule has 0 rings (SSSR count). The van der Waals surface area contributed by atoms with Gasteiger partial charge in [0.05, 0.1) is 26.4 Å². The summed E-state index contributed by atoms with van der Waals surface area (Å²) >= 11 is 0. The highest BCUT2D eigenvalue weighted by Crippen LogP contribution is 2.45. The molecule has 19 heteroatoms. The molecule has 0 aromatic carbocycles. The van der Waals surface area contributed by atoms with Crippen LogP contribution in [0, 0.1) is 0 Å². The zero-order valence-electron chi connectivity index (χ0n) is 54.6. The molecular weight excluding hydrogens is 1130 g/mol. The number of phosphoric ester groups is 2. The van der Waals surface area contributed by atoms with Crippen molar-refractivity contribution in [1.82, 2.24) is 0 Å². The van der Waals surface area contributed by atoms with Gasteiger partial charge in [0.1, 0.15) is 19.3 Å². The topological polar surface area (TPSA) is 237 Å². The minimum absolute atomic E-state index is 0.107. The van der Waals surface area contributed by atoms with Crippen molar-refractivity contribution >= 4 is 39.5 Å². The largest absolute Gasteiger partial charge is 0.472 e. The second-order valence-corrected chi connectivity index (χ2v) is 26.8. The fourth-order valence-electron chi connectivity index (χ4n) is 9.99. The van der Waals surface area contributed by atoms with Crippen LogP contribution in [0.2, 0.25) is 0 Å². The van der Waals surface area contributed by atoms with Gasteiger partial charge in [-0.1, -0.05) is 291 Å². The van der Waals surface area contributed by atoms with Crippen molar-refractivity contribution in [1.29, 1.82) is 0 Å². The number of phosphoric acid groups is 2. The fourth-order valence-corrected chi connectivity index (χ4v) is 11.6. The molecular formula is C66H128O17P2. The van der Waals surface area contributed by atoms with Gasteiger partial charge in [-0.25, -0.2) is 9.13 Å². The maximum atomic E-state index is 13.0. The summed E-state index contributed by atoms with van der Waals surface area (Å²) in [6, 6.07) is 0. The molecule has 0 fully saturated rings. The highest BCUT2D eigenvalue weighted by Gasteiger charge is 2.30. The van der Waals surface area contributed by atoms with Crippen LogP contribution in [0.25, 0.3) is 0 Å². The first-order valence-corrected chi connectivity index (χ1v) is 37.8. The number of hydrogen-bond donors (Lipinski definition) is 3. The summed E-state index contributed by atoms with van der Waals surface area (Å²) in [5, 5.41) is 10.5. The number of unbranched alkanes of at least 4 members (excludes halogenated alkanes) is 41. The van der Waals surface area contributed by atoms with Crippen molar-refractivity contribution in [3.8, 4) is 0 Å². The quantitative estimate of drug-likeness (QED) is 0.0222. The van der Waals surface area contributed by atoms with E-state index in [-0.39, 0.29) is 25.7 Å². The first kappa shape index (κ1) is 83.1. The van der Waals surface area contributed by atoms with E-state index < -0.39 is 97.5 Å². The Morgan fingerprint density at radius 1 is 0.282 bits per heavy atom. The lowest BCUT2D eigenvalue weighted by Crippen LogP contribution is -2.30. The van der Waals surface area contributed by atoms with Crippen molar-refractivity contribution < 1.29 is 80.2 Å². The minimum Gasteiger partial charge on any atom is -0.462 e. The number of aliphatic hydroxyl groups excluding tert-OH is 1. The number of hydrogen-bond acceptors (Lipinski definition) is 15. The van der Waals surface area contributed by atoms with Gasteiger partial charge in [-0.15, -0.1) is 0 Å². The molecule has 85 heavy (non-hydrogen) atoms. The van der Waals surface area contributed by atoms with Gasteiger partial charge in [0.15, 0.2) is 12.2 Å². The van der Waals surface area contributed by atoms with Gasteiger partial charge in [-0.05, 0) is 25.7 Å². The van der Waals surface area contributed by atoms with E-state index in [0.717, 1.165) is 96.3 Å². The smallest absolute Gasteiger partial charge is 0.462 e. The van der Waals surface area contributed by atoms with E-state index >= 15 is 0 Å². The van der Waals surface area contributed by atoms with Crippen LogP contribution in [0.3, 0.4) is 0 Å². The average molecular weight is 1260 g/mol. The van der Waals surface area contributed by atoms with E-state index in [1.807, 2.05) is 0 Å². The Kier molecular flexibility index (Phi) is 59.6. The number of esters is 4. The first-order chi connectivity index (χ1) is 41.2. The van der Waals surface area contributed by atoms with E-state index in [2.05, 4.69) is 27.7 Å². The van der Waals surface area contributed by atoms with Gasteiger partial charge in [0, 0.05) is 25.7 Å². The molecule has 0 bridgehead atoms. The molecule has 0 aliphatic heterocycles. The van der Waals surface area contributed by atoms with Crippen LogP contribution in [0.15, 0.2) is 0 Å². The molecule has 0 aliphatic carbocycles. The van der Waals surface area contributed by atoms with Gasteiger partial charge in [0.2, 0.25) is 0 Å². The normalized spacial score (nSPS) is 14.1. The van der Waals surface area contributed by atoms with Crippen molar-refractivity contribution in [2.24, 2.45) is 0 Å². The lowest BCUT2D eigenvalue weighted by atomic mass is 10.0. The SMILES string of the molecule is CCCCCCCCCCCCCCCCCCC(=O)O[C@H](COC(=O)CCCCCCCCCCCCC)COP(=O)(O)OC[C@@H](O)COP(=O)(O)OC[C@@H](COC(=O)CCCCCCCCCC)OC(=O)CCCCCCCCCCCC. The average Bonchev–Trinajstić information content (AvgIpc) is 3.53. The predicted molar refractivity (Wildman–Crippen MR) is 340 cm³/mol. The van der Waals surface area contributed by atoms with Gasteiger partial charge in [-0.3, -0.25) is 37.3 Å². The third-order valence-corrected chi connectivity index (χ3v) is 17.3. The van der Waals surface area contributed by atoms with Gasteiger partial charge in [-0.2, -0.15) is 0 Å². The minimum atomic E-state index is -4.94. The Morgan fingerprint density at radius 2 is 0.471 bits per heavy atom. The number of carbonyl (C=O) groups is 4. The third-order valence-electron chi connectivity index (χ3n) is 15.4. The molecule has 0 radical (unpaired) electrons. The molecule has 0 saturated carbocycles. The highest BCUT2D eigenvalue weighted by molar-refractivity contribution is 7.47. The maximum absolute atomic E-state index is 13.0. The maximum Gasteiger partial charge on any atom is 0.472 e. The Bertz CT molecular complexity index is 1640. The molecule has 0 aromatic heterocycles. The number of carbonyl (C=O) groups excluding carboxylic acids is 4. The molecule has 0 heterocycles. The molecule has 0 amide bonds. The lowest BCUT2D eigenvalue weighted by Gasteiger charge is -2.21. The third kappa shape index (κ3) is 60.7. The molecule has 0 aliphatic rings. The summed E-state index contributed by atoms with van der Waals surface area (Å²) in [7, 11) is -9.88. The summed E-state index contributed by atoms with van der Waals surface area (Å²) in [5.74, 6) is -2.13. The first-order valence-electron chi connectivity index (χ1n) is 34.8. The second kappa shape index (κ2) is 60.9. The fraction of sp³-hybridized carbons (Fsp3) is 0.939. The second-order valence-electron chi connectivity index (χ2n) is 23.9. The Hall–Kier alpha value is -1.94. The van der Waals surface area contributed by atoms with Crippen molar-refractivity contribution in [2.75, 3.05) is 39.6 Å². The molecule has 2 unspecified atom stereocenters. The standard InChI is InChI=1S/C66H128O17P2/c1-5-9-13-17-21-25-28-29-30-31-32-34-37-41-45-49-53-66(71)83-62(57-77-64(69)51-47-43-39-36-33-26-22-18-14-10-6-2)59-81-85(74,75)79-55-60(67)54-78-84(72,73)80-58-61(56-76-63(68)50-46-42-38-24-20-16-12-8-4)82-65(70)52-48-44-40-35-27-23-19-15-11-7-3/h60-62,67H,5-59H2,1-4H3,(H,72,73)(H,74,75)/t60-,61+,62+/m0/s1. The van der Waals surface area contributed by atoms with E-state index in [1.165, 1.54) is 167 Å². The van der Waals surface area contributed by atoms with E-state index in [1.54, 1.807) is 0 Å². The Morgan fingerprint density at radius 3 is 0.694 bits per heavy atom. The molecule has 5 atom stereocenters. The van der Waals surface area contributed by atoms with E-state index in [4.69, 9.17) is 37.0 Å². The van der Waals surface area contributed by atoms with E-state index in [9.17, 15) is 43.2 Å². The van der Waals surface area contributed by atoms with Crippen LogP contribution in [-0.2, 0) is 65.4 Å². The summed E-state index contributed by atoms with van der Waals surface area (Å²) in [6.45, 7) is 4.88. The van der Waals surface area contributed by atoms with Crippen molar-refractivity contribution in [2.45, 2.75) is 361 Å². The number of aliphatic hydroxyl groups is 1. The van der Waals surface area contributed by atoms with Crippen LogP contribution in [0.5, 0.6) is 0 Å². The van der Waals surface area contributed by atoms with Crippen LogP contribution >= 0.6 is 15.6 Å². The zero-order chi connectivity index (χ0) is 62.6. The van der Waals surface area contributed by atoms with Crippen LogP contribution in [-0.4, -0.2) is 96.7 Å². The molecule has 504 valence electrons. The molecule has 3 N–H and O–H groups in total. The zero-order valence-corrected chi connectivity index (χ0v) is 56.4. The summed E-state index contributed by atoms with van der Waals surface area (Å²) in [4.78, 5) is 72.2. The van der Waals surface area contributed by atoms with Crippen LogP contribution in [0.1, 0.15) is 342 Å². The lowest BCUT2D eigenvalue weighted by molar-refractivity contribution is -0.161. The van der Waals surface area contributed by atoms with Gasteiger partial charge < -0.3 is 33.8 Å². The van der Waals surface area contributed by atoms with Crippen molar-refractivity contribution in [3.05, 3.63) is 0 Å². The number of rotatable bonds is 67. The van der Waals surface area contributed by atoms with Gasteiger partial charge >= 0.3 is 39.5 Å². The van der Waals surface area contributed by atoms with Crippen LogP contribution < -0.4 is 0 Å². The van der Waals surface area contributed by atoms with Crippen molar-refractivity contribution in [3.63, 3.8) is 0 Å². The Balaban J connectivity index is 5.20. The van der Waals surface area contributed by atoms with Crippen LogP contribution in [0.4, 0.5) is 0 Å². The summed E-state index contributed by atoms with van der Waals surface area (Å²) < 4.78 is 68.0. The molecule has 0 aromatic rings. The summed E-state index contributed by atoms with van der Waals surface area (Å²) in [5.41, 5.74) is 0. The van der Waals surface area contributed by atoms with Gasteiger partial charge in [0.25, 0.3) is 0 Å². The monoisotopic (exact) mass is 1250 g/mol. The highest BCUT2D eigenvalue weighted by atomic mass is 31.2. The van der Waals surface area contributed by atoms with E-state index in [0.29, 0.717) is 25.7 Å². The molecule has 0 saturated heterocycles. The molecule has 0 spiro atoms. The Labute approximate surface area is 517 Å². The summed E-state index contributed by atoms with van der Waals surface area (Å²) in [6.07, 6.45) is 47.1. The predicted octanol–water partition coefficient (Wildman–Crippen LogP) is 18.7. The number of ether oxygens (including phenoxy) is 4.